The molecule has 1 saturated heterocycles. The monoisotopic (exact) mass is 357 g/mol. The van der Waals surface area contributed by atoms with Crippen molar-refractivity contribution in [3.63, 3.8) is 0 Å². The van der Waals surface area contributed by atoms with Gasteiger partial charge in [0.2, 0.25) is 5.91 Å². The van der Waals surface area contributed by atoms with Gasteiger partial charge in [-0.05, 0) is 30.2 Å². The number of ether oxygens (including phenoxy) is 1. The number of nitrogens with zero attached hydrogens (tertiary/aromatic N) is 1. The van der Waals surface area contributed by atoms with Gasteiger partial charge < -0.3 is 9.64 Å². The molecule has 0 saturated carbocycles. The van der Waals surface area contributed by atoms with Crippen molar-refractivity contribution in [2.75, 3.05) is 31.8 Å². The first-order chi connectivity index (χ1) is 10.9. The molecule has 126 valence electrons. The van der Waals surface area contributed by atoms with E-state index in [1.807, 2.05) is 6.07 Å². The van der Waals surface area contributed by atoms with Gasteiger partial charge in [-0.3, -0.25) is 4.79 Å². The highest BCUT2D eigenvalue weighted by atomic mass is 35.5. The summed E-state index contributed by atoms with van der Waals surface area (Å²) in [5.41, 5.74) is 0.816. The first kappa shape index (κ1) is 18.0. The van der Waals surface area contributed by atoms with Crippen LogP contribution in [0.5, 0.6) is 0 Å². The van der Waals surface area contributed by atoms with Gasteiger partial charge in [0.1, 0.15) is 0 Å². The lowest BCUT2D eigenvalue weighted by Gasteiger charge is -2.26. The molecular formula is C16H20ClNO4S. The zero-order valence-corrected chi connectivity index (χ0v) is 14.5. The Morgan fingerprint density at radius 3 is 2.87 bits per heavy atom. The molecule has 0 aliphatic carbocycles. The Labute approximate surface area is 141 Å². The predicted molar refractivity (Wildman–Crippen MR) is 91.1 cm³/mol. The summed E-state index contributed by atoms with van der Waals surface area (Å²) in [6.07, 6.45) is 3.60. The molecule has 5 nitrogen and oxygen atoms in total. The van der Waals surface area contributed by atoms with E-state index in [4.69, 9.17) is 16.3 Å². The third kappa shape index (κ3) is 5.34. The van der Waals surface area contributed by atoms with Gasteiger partial charge in [-0.25, -0.2) is 8.42 Å². The lowest BCUT2D eigenvalue weighted by molar-refractivity contribution is -0.128. The molecule has 1 aliphatic heterocycles. The highest BCUT2D eigenvalue weighted by molar-refractivity contribution is 7.91. The maximum absolute atomic E-state index is 12.5. The van der Waals surface area contributed by atoms with Crippen molar-refractivity contribution in [2.24, 2.45) is 0 Å². The summed E-state index contributed by atoms with van der Waals surface area (Å²) in [4.78, 5) is 14.0. The van der Waals surface area contributed by atoms with E-state index in [2.05, 4.69) is 0 Å². The second-order valence-electron chi connectivity index (χ2n) is 5.47. The molecule has 0 radical (unpaired) electrons. The molecule has 1 fully saturated rings. The van der Waals surface area contributed by atoms with Gasteiger partial charge in [-0.1, -0.05) is 23.7 Å². The molecule has 0 aromatic heterocycles. The normalized spacial score (nSPS) is 20.0. The van der Waals surface area contributed by atoms with E-state index in [9.17, 15) is 13.2 Å². The number of methoxy groups -OCH3 is 1. The Balaban J connectivity index is 2.10. The van der Waals surface area contributed by atoms with Crippen LogP contribution in [0.4, 0.5) is 0 Å². The van der Waals surface area contributed by atoms with E-state index in [1.165, 1.54) is 6.08 Å². The predicted octanol–water partition coefficient (Wildman–Crippen LogP) is 2.02. The highest BCUT2D eigenvalue weighted by Gasteiger charge is 2.33. The third-order valence-corrected chi connectivity index (χ3v) is 5.72. The van der Waals surface area contributed by atoms with Crippen LogP contribution in [0, 0.1) is 0 Å². The maximum atomic E-state index is 12.5. The lowest BCUT2D eigenvalue weighted by Crippen LogP contribution is -2.42. The lowest BCUT2D eigenvalue weighted by atomic mass is 10.2. The number of rotatable bonds is 6. The number of benzene rings is 1. The number of sulfone groups is 1. The van der Waals surface area contributed by atoms with Crippen LogP contribution >= 0.6 is 11.6 Å². The Hall–Kier alpha value is -1.37. The Morgan fingerprint density at radius 1 is 1.48 bits per heavy atom. The van der Waals surface area contributed by atoms with E-state index in [0.717, 1.165) is 5.56 Å². The van der Waals surface area contributed by atoms with Crippen LogP contribution in [0.25, 0.3) is 6.08 Å². The van der Waals surface area contributed by atoms with Crippen LogP contribution in [0.2, 0.25) is 5.02 Å². The second kappa shape index (κ2) is 7.95. The summed E-state index contributed by atoms with van der Waals surface area (Å²) in [6.45, 7) is 0.739. The summed E-state index contributed by atoms with van der Waals surface area (Å²) in [5.74, 6) is -0.0657. The zero-order chi connectivity index (χ0) is 16.9. The molecule has 1 amide bonds. The largest absolute Gasteiger partial charge is 0.383 e. The first-order valence-electron chi connectivity index (χ1n) is 7.35. The molecule has 1 atom stereocenters. The van der Waals surface area contributed by atoms with E-state index in [0.29, 0.717) is 24.6 Å². The Kier molecular flexibility index (Phi) is 6.21. The molecule has 1 heterocycles. The minimum absolute atomic E-state index is 0.0213. The molecule has 1 aromatic carbocycles. The molecule has 1 aromatic rings. The maximum Gasteiger partial charge on any atom is 0.246 e. The van der Waals surface area contributed by atoms with Crippen LogP contribution in [-0.4, -0.2) is 57.0 Å². The fourth-order valence-corrected chi connectivity index (χ4v) is 4.49. The van der Waals surface area contributed by atoms with Crippen molar-refractivity contribution in [2.45, 2.75) is 12.5 Å². The SMILES string of the molecule is COCCN(C(=O)/C=C/c1cccc(Cl)c1)C1CCS(=O)(=O)C1. The summed E-state index contributed by atoms with van der Waals surface area (Å²) < 4.78 is 28.3. The fraction of sp³-hybridized carbons (Fsp3) is 0.438. The number of hydrogen-bond acceptors (Lipinski definition) is 4. The zero-order valence-electron chi connectivity index (χ0n) is 12.9. The van der Waals surface area contributed by atoms with Crippen LogP contribution in [0.3, 0.4) is 0 Å². The summed E-state index contributed by atoms with van der Waals surface area (Å²) in [7, 11) is -1.50. The van der Waals surface area contributed by atoms with Gasteiger partial charge in [0.05, 0.1) is 18.1 Å². The third-order valence-electron chi connectivity index (χ3n) is 3.74. The number of halogens is 1. The quantitative estimate of drug-likeness (QED) is 0.731. The molecule has 2 rings (SSSR count). The molecule has 1 aliphatic rings. The Bertz CT molecular complexity index is 687. The van der Waals surface area contributed by atoms with Crippen LogP contribution in [0.1, 0.15) is 12.0 Å². The van der Waals surface area contributed by atoms with Crippen molar-refractivity contribution >= 4 is 33.4 Å². The van der Waals surface area contributed by atoms with E-state index in [1.54, 1.807) is 36.3 Å². The van der Waals surface area contributed by atoms with Crippen LogP contribution < -0.4 is 0 Å². The average Bonchev–Trinajstić information content (AvgIpc) is 2.85. The minimum Gasteiger partial charge on any atom is -0.383 e. The van der Waals surface area contributed by atoms with Gasteiger partial charge >= 0.3 is 0 Å². The van der Waals surface area contributed by atoms with E-state index < -0.39 is 9.84 Å². The van der Waals surface area contributed by atoms with Crippen molar-refractivity contribution in [1.82, 2.24) is 4.90 Å². The summed E-state index contributed by atoms with van der Waals surface area (Å²) >= 11 is 5.91. The molecule has 7 heteroatoms. The van der Waals surface area contributed by atoms with E-state index >= 15 is 0 Å². The molecule has 0 N–H and O–H groups in total. The molecule has 23 heavy (non-hydrogen) atoms. The van der Waals surface area contributed by atoms with Gasteiger partial charge in [-0.15, -0.1) is 0 Å². The summed E-state index contributed by atoms with van der Waals surface area (Å²) in [5, 5.41) is 0.595. The van der Waals surface area contributed by atoms with Gasteiger partial charge in [-0.2, -0.15) is 0 Å². The smallest absolute Gasteiger partial charge is 0.246 e. The topological polar surface area (TPSA) is 63.7 Å². The standard InChI is InChI=1S/C16H20ClNO4S/c1-22-9-8-18(15-7-10-23(20,21)12-15)16(19)6-5-13-3-2-4-14(17)11-13/h2-6,11,15H,7-10,12H2,1H3/b6-5+. The van der Waals surface area contributed by atoms with Crippen molar-refractivity contribution in [3.05, 3.63) is 40.9 Å². The van der Waals surface area contributed by atoms with Crippen molar-refractivity contribution < 1.29 is 17.9 Å². The van der Waals surface area contributed by atoms with Gasteiger partial charge in [0.15, 0.2) is 9.84 Å². The summed E-state index contributed by atoms with van der Waals surface area (Å²) in [6, 6.07) is 6.87. The van der Waals surface area contributed by atoms with Crippen LogP contribution in [0.15, 0.2) is 30.3 Å². The van der Waals surface area contributed by atoms with Crippen LogP contribution in [-0.2, 0) is 19.4 Å². The average molecular weight is 358 g/mol. The number of carbonyl (C=O) groups is 1. The molecule has 1 unspecified atom stereocenters. The number of hydrogen-bond donors (Lipinski definition) is 0. The molecule has 0 bridgehead atoms. The fourth-order valence-electron chi connectivity index (χ4n) is 2.56. The van der Waals surface area contributed by atoms with Crippen molar-refractivity contribution in [3.8, 4) is 0 Å². The Morgan fingerprint density at radius 2 is 2.26 bits per heavy atom. The molecule has 0 spiro atoms. The van der Waals surface area contributed by atoms with E-state index in [-0.39, 0.29) is 23.5 Å². The second-order valence-corrected chi connectivity index (χ2v) is 8.13. The van der Waals surface area contributed by atoms with Gasteiger partial charge in [0, 0.05) is 30.8 Å². The first-order valence-corrected chi connectivity index (χ1v) is 9.55. The highest BCUT2D eigenvalue weighted by Crippen LogP contribution is 2.19. The van der Waals surface area contributed by atoms with Crippen molar-refractivity contribution in [1.29, 1.82) is 0 Å². The number of carbonyl (C=O) groups excluding carboxylic acids is 1. The number of amides is 1. The minimum atomic E-state index is -3.05. The molecular weight excluding hydrogens is 338 g/mol. The van der Waals surface area contributed by atoms with Gasteiger partial charge in [0.25, 0.3) is 0 Å².